The summed E-state index contributed by atoms with van der Waals surface area (Å²) < 4.78 is 48.5. The first-order valence-electron chi connectivity index (χ1n) is 10.9. The molecule has 0 fully saturated rings. The van der Waals surface area contributed by atoms with Gasteiger partial charge in [-0.2, -0.15) is 0 Å². The normalized spacial score (nSPS) is 12.1. The maximum absolute atomic E-state index is 13.6. The zero-order valence-corrected chi connectivity index (χ0v) is 24.2. The maximum Gasteiger partial charge on any atom is 0.328 e. The summed E-state index contributed by atoms with van der Waals surface area (Å²) in [5.74, 6) is -1.91. The standard InChI is InChI=1S/C25H19BrFIN4O5S/c1-37-25(34)21(12-14-5-8-18(27)17(26)11-14)31-24(33)16-7-6-15(28)13-20(16)32-38(35,36)22-4-2-3-19-23(22)30-10-9-29-19/h2-11,13,21,32H,12H2,1H3,(H,31,33). The fourth-order valence-corrected chi connectivity index (χ4v) is 5.81. The van der Waals surface area contributed by atoms with Gasteiger partial charge in [-0.1, -0.05) is 12.1 Å². The van der Waals surface area contributed by atoms with Crippen molar-refractivity contribution in [3.05, 3.63) is 92.0 Å². The number of benzene rings is 3. The molecule has 1 amide bonds. The van der Waals surface area contributed by atoms with Gasteiger partial charge in [0.25, 0.3) is 15.9 Å². The number of para-hydroxylation sites is 1. The van der Waals surface area contributed by atoms with Crippen LogP contribution in [0.1, 0.15) is 15.9 Å². The minimum Gasteiger partial charge on any atom is -0.467 e. The van der Waals surface area contributed by atoms with Crippen molar-refractivity contribution in [2.75, 3.05) is 11.8 Å². The lowest BCUT2D eigenvalue weighted by Gasteiger charge is -2.19. The second-order valence-corrected chi connectivity index (χ2v) is 11.7. The average Bonchev–Trinajstić information content (AvgIpc) is 2.89. The molecule has 2 N–H and O–H groups in total. The Morgan fingerprint density at radius 2 is 1.87 bits per heavy atom. The van der Waals surface area contributed by atoms with Crippen LogP contribution in [0.3, 0.4) is 0 Å². The molecule has 9 nitrogen and oxygen atoms in total. The van der Waals surface area contributed by atoms with Crippen LogP contribution < -0.4 is 10.0 Å². The van der Waals surface area contributed by atoms with Gasteiger partial charge in [-0.15, -0.1) is 0 Å². The first kappa shape index (κ1) is 27.9. The molecule has 0 bridgehead atoms. The average molecular weight is 713 g/mol. The molecule has 0 saturated heterocycles. The van der Waals surface area contributed by atoms with Crippen molar-refractivity contribution in [1.82, 2.24) is 15.3 Å². The Morgan fingerprint density at radius 3 is 2.61 bits per heavy atom. The molecule has 1 aromatic heterocycles. The number of hydrogen-bond acceptors (Lipinski definition) is 7. The fourth-order valence-electron chi connectivity index (χ4n) is 3.66. The van der Waals surface area contributed by atoms with Crippen molar-refractivity contribution >= 4 is 77.1 Å². The summed E-state index contributed by atoms with van der Waals surface area (Å²) in [6.07, 6.45) is 2.85. The van der Waals surface area contributed by atoms with Crippen molar-refractivity contribution < 1.29 is 27.1 Å². The molecule has 0 aliphatic heterocycles. The fraction of sp³-hybridized carbons (Fsp3) is 0.120. The zero-order valence-electron chi connectivity index (χ0n) is 19.6. The van der Waals surface area contributed by atoms with E-state index in [0.29, 0.717) is 14.7 Å². The molecule has 4 rings (SSSR count). The van der Waals surface area contributed by atoms with Crippen LogP contribution in [0.2, 0.25) is 0 Å². The van der Waals surface area contributed by atoms with E-state index in [-0.39, 0.29) is 32.6 Å². The van der Waals surface area contributed by atoms with Gasteiger partial charge in [0.15, 0.2) is 0 Å². The first-order chi connectivity index (χ1) is 18.1. The van der Waals surface area contributed by atoms with Crippen molar-refractivity contribution in [3.8, 4) is 0 Å². The van der Waals surface area contributed by atoms with Gasteiger partial charge in [0.1, 0.15) is 22.3 Å². The summed E-state index contributed by atoms with van der Waals surface area (Å²) in [7, 11) is -3.01. The van der Waals surface area contributed by atoms with Crippen molar-refractivity contribution in [3.63, 3.8) is 0 Å². The molecule has 1 unspecified atom stereocenters. The van der Waals surface area contributed by atoms with Crippen LogP contribution in [0, 0.1) is 9.39 Å². The Balaban J connectivity index is 1.65. The predicted molar refractivity (Wildman–Crippen MR) is 151 cm³/mol. The van der Waals surface area contributed by atoms with Crippen molar-refractivity contribution in [1.29, 1.82) is 0 Å². The highest BCUT2D eigenvalue weighted by molar-refractivity contribution is 14.1. The summed E-state index contributed by atoms with van der Waals surface area (Å²) in [6, 6.07) is 12.2. The molecular weight excluding hydrogens is 694 g/mol. The van der Waals surface area contributed by atoms with Crippen molar-refractivity contribution in [2.24, 2.45) is 0 Å². The summed E-state index contributed by atoms with van der Waals surface area (Å²) in [5, 5.41) is 2.60. The number of ether oxygens (including phenoxy) is 1. The maximum atomic E-state index is 13.6. The Morgan fingerprint density at radius 1 is 1.11 bits per heavy atom. The molecule has 1 heterocycles. The van der Waals surface area contributed by atoms with Gasteiger partial charge in [-0.3, -0.25) is 19.5 Å². The Bertz CT molecular complexity index is 1650. The predicted octanol–water partition coefficient (Wildman–Crippen LogP) is 4.45. The Hall–Kier alpha value is -3.17. The monoisotopic (exact) mass is 712 g/mol. The lowest BCUT2D eigenvalue weighted by Crippen LogP contribution is -2.43. The lowest BCUT2D eigenvalue weighted by atomic mass is 10.0. The minimum absolute atomic E-state index is 0.00318. The number of aromatic nitrogens is 2. The molecule has 3 aromatic carbocycles. The molecular formula is C25H19BrFIN4O5S. The van der Waals surface area contributed by atoms with E-state index in [1.54, 1.807) is 18.2 Å². The molecule has 0 saturated carbocycles. The first-order valence-corrected chi connectivity index (χ1v) is 14.3. The highest BCUT2D eigenvalue weighted by Gasteiger charge is 2.26. The number of hydrogen-bond donors (Lipinski definition) is 2. The number of amides is 1. The lowest BCUT2D eigenvalue weighted by molar-refractivity contribution is -0.142. The molecule has 1 atom stereocenters. The van der Waals surface area contributed by atoms with Gasteiger partial charge in [-0.25, -0.2) is 17.6 Å². The van der Waals surface area contributed by atoms with Gasteiger partial charge in [0, 0.05) is 22.4 Å². The van der Waals surface area contributed by atoms with Crippen LogP contribution in [-0.2, 0) is 26.0 Å². The van der Waals surface area contributed by atoms with E-state index in [1.807, 2.05) is 22.6 Å². The molecule has 0 radical (unpaired) electrons. The highest BCUT2D eigenvalue weighted by atomic mass is 127. The molecule has 0 aliphatic carbocycles. The van der Waals surface area contributed by atoms with Gasteiger partial charge in [-0.05, 0) is 86.5 Å². The third-order valence-corrected chi connectivity index (χ3v) is 8.11. The summed E-state index contributed by atoms with van der Waals surface area (Å²) in [5.41, 5.74) is 1.12. The summed E-state index contributed by atoms with van der Waals surface area (Å²) in [6.45, 7) is 0. The molecule has 38 heavy (non-hydrogen) atoms. The number of halogens is 3. The number of anilines is 1. The number of sulfonamides is 1. The van der Waals surface area contributed by atoms with E-state index in [9.17, 15) is 22.4 Å². The van der Waals surface area contributed by atoms with E-state index in [2.05, 4.69) is 35.9 Å². The van der Waals surface area contributed by atoms with E-state index in [4.69, 9.17) is 4.74 Å². The molecule has 0 aliphatic rings. The van der Waals surface area contributed by atoms with Gasteiger partial charge in [0.2, 0.25) is 0 Å². The minimum atomic E-state index is -4.19. The van der Waals surface area contributed by atoms with Crippen LogP contribution >= 0.6 is 38.5 Å². The van der Waals surface area contributed by atoms with Crippen LogP contribution in [-0.4, -0.2) is 43.4 Å². The number of nitrogens with one attached hydrogen (secondary N) is 2. The van der Waals surface area contributed by atoms with Crippen LogP contribution in [0.4, 0.5) is 10.1 Å². The summed E-state index contributed by atoms with van der Waals surface area (Å²) >= 11 is 5.09. The number of esters is 1. The number of carbonyl (C=O) groups excluding carboxylic acids is 2. The number of fused-ring (bicyclic) bond motifs is 1. The number of carbonyl (C=O) groups is 2. The van der Waals surface area contributed by atoms with Crippen LogP contribution in [0.25, 0.3) is 11.0 Å². The second-order valence-electron chi connectivity index (χ2n) is 7.98. The molecule has 4 aromatic rings. The second kappa shape index (κ2) is 11.7. The summed E-state index contributed by atoms with van der Waals surface area (Å²) in [4.78, 5) is 33.9. The number of nitrogens with zero attached hydrogens (tertiary/aromatic N) is 2. The van der Waals surface area contributed by atoms with E-state index >= 15 is 0 Å². The van der Waals surface area contributed by atoms with Crippen molar-refractivity contribution in [2.45, 2.75) is 17.4 Å². The van der Waals surface area contributed by atoms with Gasteiger partial charge >= 0.3 is 5.97 Å². The van der Waals surface area contributed by atoms with E-state index in [1.165, 1.54) is 55.9 Å². The largest absolute Gasteiger partial charge is 0.467 e. The van der Waals surface area contributed by atoms with Gasteiger partial charge in [0.05, 0.1) is 28.4 Å². The van der Waals surface area contributed by atoms with E-state index in [0.717, 1.165) is 0 Å². The Kier molecular flexibility index (Phi) is 8.57. The Labute approximate surface area is 239 Å². The third kappa shape index (κ3) is 6.27. The topological polar surface area (TPSA) is 127 Å². The number of rotatable bonds is 8. The third-order valence-electron chi connectivity index (χ3n) is 5.44. The van der Waals surface area contributed by atoms with E-state index < -0.39 is 33.8 Å². The SMILES string of the molecule is COC(=O)C(Cc1ccc(F)c(Br)c1)NC(=O)c1ccc(I)cc1NS(=O)(=O)c1cccc2nccnc12. The molecule has 196 valence electrons. The van der Waals surface area contributed by atoms with Crippen LogP contribution in [0.5, 0.6) is 0 Å². The number of methoxy groups -OCH3 is 1. The molecule has 13 heteroatoms. The van der Waals surface area contributed by atoms with Gasteiger partial charge < -0.3 is 10.1 Å². The highest BCUT2D eigenvalue weighted by Crippen LogP contribution is 2.26. The quantitative estimate of drug-likeness (QED) is 0.204. The van der Waals surface area contributed by atoms with Crippen LogP contribution in [0.15, 0.2) is 76.4 Å². The smallest absolute Gasteiger partial charge is 0.328 e. The molecule has 0 spiro atoms. The zero-order chi connectivity index (χ0) is 27.4.